The quantitative estimate of drug-likeness (QED) is 0.820. The normalized spacial score (nSPS) is 11.6. The Balaban J connectivity index is 2.69. The Labute approximate surface area is 107 Å². The van der Waals surface area contributed by atoms with Gasteiger partial charge < -0.3 is 5.73 Å². The molecule has 0 aliphatic heterocycles. The Morgan fingerprint density at radius 2 is 1.53 bits per heavy atom. The maximum Gasteiger partial charge on any atom is 0.416 e. The van der Waals surface area contributed by atoms with Crippen molar-refractivity contribution < 1.29 is 17.6 Å². The molecule has 1 nitrogen and oxygen atoms in total. The molecule has 0 amide bonds. The summed E-state index contributed by atoms with van der Waals surface area (Å²) >= 11 is 0. The van der Waals surface area contributed by atoms with Crippen LogP contribution in [-0.2, 0) is 12.7 Å². The van der Waals surface area contributed by atoms with Crippen LogP contribution in [0, 0.1) is 5.82 Å². The van der Waals surface area contributed by atoms with Crippen LogP contribution in [0.2, 0.25) is 0 Å². The van der Waals surface area contributed by atoms with E-state index in [1.54, 1.807) is 6.07 Å². The smallest absolute Gasteiger partial charge is 0.326 e. The van der Waals surface area contributed by atoms with Crippen molar-refractivity contribution in [2.24, 2.45) is 5.73 Å². The number of nitrogens with two attached hydrogens (primary N) is 1. The van der Waals surface area contributed by atoms with Gasteiger partial charge in [0.2, 0.25) is 0 Å². The fourth-order valence-electron chi connectivity index (χ4n) is 2.00. The number of alkyl halides is 3. The largest absolute Gasteiger partial charge is 0.416 e. The van der Waals surface area contributed by atoms with Crippen molar-refractivity contribution in [1.82, 2.24) is 0 Å². The van der Waals surface area contributed by atoms with E-state index in [0.717, 1.165) is 6.07 Å². The van der Waals surface area contributed by atoms with E-state index >= 15 is 0 Å². The van der Waals surface area contributed by atoms with Crippen LogP contribution in [0.3, 0.4) is 0 Å². The molecule has 5 heteroatoms. The Morgan fingerprint density at radius 1 is 0.895 bits per heavy atom. The van der Waals surface area contributed by atoms with E-state index in [-0.39, 0.29) is 23.2 Å². The van der Waals surface area contributed by atoms with Gasteiger partial charge in [0, 0.05) is 12.1 Å². The molecule has 0 aliphatic carbocycles. The zero-order valence-electron chi connectivity index (χ0n) is 9.84. The van der Waals surface area contributed by atoms with Gasteiger partial charge in [0.15, 0.2) is 0 Å². The molecule has 0 spiro atoms. The van der Waals surface area contributed by atoms with Crippen molar-refractivity contribution in [3.63, 3.8) is 0 Å². The Bertz CT molecular complexity index is 590. The lowest BCUT2D eigenvalue weighted by molar-refractivity contribution is -0.138. The van der Waals surface area contributed by atoms with Crippen molar-refractivity contribution in [3.8, 4) is 11.1 Å². The van der Waals surface area contributed by atoms with Crippen molar-refractivity contribution >= 4 is 0 Å². The molecule has 2 aromatic carbocycles. The third-order valence-corrected chi connectivity index (χ3v) is 2.85. The van der Waals surface area contributed by atoms with E-state index < -0.39 is 17.6 Å². The van der Waals surface area contributed by atoms with Gasteiger partial charge in [0.05, 0.1) is 5.56 Å². The molecule has 100 valence electrons. The summed E-state index contributed by atoms with van der Waals surface area (Å²) in [6.45, 7) is -0.306. The SMILES string of the molecule is NCc1c(-c2ccccc2F)cccc1C(F)(F)F. The molecule has 0 atom stereocenters. The first kappa shape index (κ1) is 13.5. The maximum absolute atomic E-state index is 13.7. The minimum Gasteiger partial charge on any atom is -0.326 e. The topological polar surface area (TPSA) is 26.0 Å². The highest BCUT2D eigenvalue weighted by molar-refractivity contribution is 5.69. The zero-order valence-corrected chi connectivity index (χ0v) is 9.84. The van der Waals surface area contributed by atoms with Gasteiger partial charge >= 0.3 is 6.18 Å². The molecule has 2 aromatic rings. The van der Waals surface area contributed by atoms with Crippen LogP contribution >= 0.6 is 0 Å². The van der Waals surface area contributed by atoms with E-state index in [1.165, 1.54) is 30.3 Å². The van der Waals surface area contributed by atoms with E-state index in [4.69, 9.17) is 5.73 Å². The highest BCUT2D eigenvalue weighted by Gasteiger charge is 2.34. The molecule has 0 bridgehead atoms. The summed E-state index contributed by atoms with van der Waals surface area (Å²) in [5.41, 5.74) is 4.79. The summed E-state index contributed by atoms with van der Waals surface area (Å²) in [5.74, 6) is -0.573. The van der Waals surface area contributed by atoms with Crippen LogP contribution in [0.15, 0.2) is 42.5 Å². The summed E-state index contributed by atoms with van der Waals surface area (Å²) in [6.07, 6.45) is -4.50. The fraction of sp³-hybridized carbons (Fsp3) is 0.143. The van der Waals surface area contributed by atoms with Gasteiger partial charge in [-0.25, -0.2) is 4.39 Å². The molecule has 0 aliphatic rings. The molecule has 2 rings (SSSR count). The van der Waals surface area contributed by atoms with Crippen molar-refractivity contribution in [3.05, 3.63) is 59.4 Å². The lowest BCUT2D eigenvalue weighted by Crippen LogP contribution is -2.13. The van der Waals surface area contributed by atoms with Crippen LogP contribution < -0.4 is 5.73 Å². The van der Waals surface area contributed by atoms with Gasteiger partial charge in [-0.15, -0.1) is 0 Å². The molecule has 0 aromatic heterocycles. The molecule has 0 unspecified atom stereocenters. The highest BCUT2D eigenvalue weighted by Crippen LogP contribution is 2.37. The number of halogens is 4. The molecule has 0 saturated carbocycles. The third-order valence-electron chi connectivity index (χ3n) is 2.85. The molecule has 19 heavy (non-hydrogen) atoms. The third kappa shape index (κ3) is 2.61. The summed E-state index contributed by atoms with van der Waals surface area (Å²) in [7, 11) is 0. The number of hydrogen-bond acceptors (Lipinski definition) is 1. The van der Waals surface area contributed by atoms with Crippen molar-refractivity contribution in [2.75, 3.05) is 0 Å². The molecule has 2 N–H and O–H groups in total. The van der Waals surface area contributed by atoms with E-state index in [9.17, 15) is 17.6 Å². The lowest BCUT2D eigenvalue weighted by atomic mass is 9.95. The minimum absolute atomic E-state index is 0.0971. The van der Waals surface area contributed by atoms with Gasteiger partial charge in [-0.1, -0.05) is 30.3 Å². The van der Waals surface area contributed by atoms with Crippen LogP contribution in [-0.4, -0.2) is 0 Å². The number of benzene rings is 2. The zero-order chi connectivity index (χ0) is 14.0. The molecular formula is C14H11F4N. The average Bonchev–Trinajstić information content (AvgIpc) is 2.37. The molecule has 0 radical (unpaired) electrons. The lowest BCUT2D eigenvalue weighted by Gasteiger charge is -2.16. The maximum atomic E-state index is 13.7. The van der Waals surface area contributed by atoms with Crippen molar-refractivity contribution in [1.29, 1.82) is 0 Å². The highest BCUT2D eigenvalue weighted by atomic mass is 19.4. The second-order valence-corrected chi connectivity index (χ2v) is 4.01. The number of hydrogen-bond donors (Lipinski definition) is 1. The van der Waals surface area contributed by atoms with Crippen molar-refractivity contribution in [2.45, 2.75) is 12.7 Å². The standard InChI is InChI=1S/C14H11F4N/c15-13-7-2-1-4-10(13)9-5-3-6-12(11(9)8-19)14(16,17)18/h1-7H,8,19H2. The average molecular weight is 269 g/mol. The van der Waals surface area contributed by atoms with E-state index in [1.807, 2.05) is 0 Å². The summed E-state index contributed by atoms with van der Waals surface area (Å²) in [5, 5.41) is 0. The first-order chi connectivity index (χ1) is 8.95. The predicted molar refractivity (Wildman–Crippen MR) is 64.7 cm³/mol. The number of rotatable bonds is 2. The summed E-state index contributed by atoms with van der Waals surface area (Å²) in [6, 6.07) is 9.33. The first-order valence-corrected chi connectivity index (χ1v) is 5.59. The Kier molecular flexibility index (Phi) is 3.57. The second-order valence-electron chi connectivity index (χ2n) is 4.01. The Morgan fingerprint density at radius 3 is 2.11 bits per heavy atom. The fourth-order valence-corrected chi connectivity index (χ4v) is 2.00. The van der Waals surface area contributed by atoms with Gasteiger partial charge in [0.1, 0.15) is 5.82 Å². The van der Waals surface area contributed by atoms with Crippen LogP contribution in [0.4, 0.5) is 17.6 Å². The minimum atomic E-state index is -4.50. The predicted octanol–water partition coefficient (Wildman–Crippen LogP) is 3.97. The van der Waals surface area contributed by atoms with Gasteiger partial charge in [-0.2, -0.15) is 13.2 Å². The van der Waals surface area contributed by atoms with Crippen LogP contribution in [0.25, 0.3) is 11.1 Å². The first-order valence-electron chi connectivity index (χ1n) is 5.59. The van der Waals surface area contributed by atoms with E-state index in [2.05, 4.69) is 0 Å². The molecule has 0 fully saturated rings. The summed E-state index contributed by atoms with van der Waals surface area (Å²) in [4.78, 5) is 0. The van der Waals surface area contributed by atoms with Crippen LogP contribution in [0.5, 0.6) is 0 Å². The summed E-state index contributed by atoms with van der Waals surface area (Å²) < 4.78 is 52.3. The van der Waals surface area contributed by atoms with Gasteiger partial charge in [-0.3, -0.25) is 0 Å². The van der Waals surface area contributed by atoms with E-state index in [0.29, 0.717) is 0 Å². The molecule has 0 saturated heterocycles. The van der Waals surface area contributed by atoms with Gasteiger partial charge in [-0.05, 0) is 23.3 Å². The monoisotopic (exact) mass is 269 g/mol. The molecule has 0 heterocycles. The van der Waals surface area contributed by atoms with Crippen LogP contribution in [0.1, 0.15) is 11.1 Å². The van der Waals surface area contributed by atoms with Gasteiger partial charge in [0.25, 0.3) is 0 Å². The second kappa shape index (κ2) is 5.01. The molecular weight excluding hydrogens is 258 g/mol. The Hall–Kier alpha value is -1.88.